The van der Waals surface area contributed by atoms with Crippen molar-refractivity contribution in [2.24, 2.45) is 0 Å². The molecule has 2 aromatic rings. The smallest absolute Gasteiger partial charge is 0.270 e. The number of carbonyl (C=O) groups excluding carboxylic acids is 1. The molecule has 2 N–H and O–H groups in total. The molecule has 0 atom stereocenters. The zero-order valence-corrected chi connectivity index (χ0v) is 11.7. The van der Waals surface area contributed by atoms with Crippen molar-refractivity contribution in [3.05, 3.63) is 52.2 Å². The summed E-state index contributed by atoms with van der Waals surface area (Å²) in [7, 11) is 3.10. The Labute approximate surface area is 120 Å². The van der Waals surface area contributed by atoms with Gasteiger partial charge in [0, 0.05) is 24.2 Å². The van der Waals surface area contributed by atoms with Crippen LogP contribution in [0.25, 0.3) is 0 Å². The van der Waals surface area contributed by atoms with Gasteiger partial charge in [-0.3, -0.25) is 9.59 Å². The van der Waals surface area contributed by atoms with Crippen molar-refractivity contribution in [3.8, 4) is 11.5 Å². The molecule has 0 saturated carbocycles. The number of aromatic nitrogens is 2. The molecule has 7 heteroatoms. The second kappa shape index (κ2) is 6.56. The van der Waals surface area contributed by atoms with Crippen LogP contribution in [0.3, 0.4) is 0 Å². The van der Waals surface area contributed by atoms with Gasteiger partial charge >= 0.3 is 0 Å². The highest BCUT2D eigenvalue weighted by atomic mass is 16.5. The van der Waals surface area contributed by atoms with Crippen molar-refractivity contribution in [3.63, 3.8) is 0 Å². The van der Waals surface area contributed by atoms with Crippen molar-refractivity contribution in [1.29, 1.82) is 0 Å². The number of nitrogens with one attached hydrogen (secondary N) is 2. The van der Waals surface area contributed by atoms with E-state index in [1.807, 2.05) is 0 Å². The van der Waals surface area contributed by atoms with Crippen molar-refractivity contribution in [2.75, 3.05) is 14.2 Å². The Morgan fingerprint density at radius 1 is 1.29 bits per heavy atom. The molecule has 1 aromatic carbocycles. The molecule has 0 fully saturated rings. The van der Waals surface area contributed by atoms with Crippen LogP contribution < -0.4 is 20.3 Å². The van der Waals surface area contributed by atoms with Crippen molar-refractivity contribution in [1.82, 2.24) is 15.3 Å². The Bertz CT molecular complexity index is 697. The maximum absolute atomic E-state index is 11.9. The summed E-state index contributed by atoms with van der Waals surface area (Å²) in [6.07, 6.45) is 1.19. The maximum atomic E-state index is 11.9. The molecule has 0 aliphatic heterocycles. The molecule has 1 amide bonds. The number of H-pyrrole nitrogens is 1. The minimum atomic E-state index is -0.432. The number of rotatable bonds is 5. The van der Waals surface area contributed by atoms with Crippen molar-refractivity contribution >= 4 is 5.91 Å². The summed E-state index contributed by atoms with van der Waals surface area (Å²) in [5.41, 5.74) is 0.472. The van der Waals surface area contributed by atoms with E-state index in [1.54, 1.807) is 32.4 Å². The zero-order chi connectivity index (χ0) is 15.2. The molecule has 2 rings (SSSR count). The second-order valence-electron chi connectivity index (χ2n) is 4.16. The number of carbonyl (C=O) groups is 1. The minimum absolute atomic E-state index is 0.0613. The van der Waals surface area contributed by atoms with E-state index in [9.17, 15) is 9.59 Å². The highest BCUT2D eigenvalue weighted by molar-refractivity contribution is 5.92. The Hall–Kier alpha value is -2.83. The molecule has 0 unspecified atom stereocenters. The number of hydrogen-bond donors (Lipinski definition) is 2. The van der Waals surface area contributed by atoms with Crippen LogP contribution in [0.1, 0.15) is 16.1 Å². The molecular formula is C14H15N3O4. The first-order valence-electron chi connectivity index (χ1n) is 6.18. The first-order chi connectivity index (χ1) is 10.1. The Morgan fingerprint density at radius 3 is 2.76 bits per heavy atom. The average molecular weight is 289 g/mol. The van der Waals surface area contributed by atoms with Crippen LogP contribution >= 0.6 is 0 Å². The molecule has 21 heavy (non-hydrogen) atoms. The molecular weight excluding hydrogens is 274 g/mol. The summed E-state index contributed by atoms with van der Waals surface area (Å²) in [5, 5.41) is 2.68. The molecule has 0 spiro atoms. The summed E-state index contributed by atoms with van der Waals surface area (Å²) in [5.74, 6) is 0.839. The lowest BCUT2D eigenvalue weighted by Crippen LogP contribution is -2.25. The van der Waals surface area contributed by atoms with E-state index in [2.05, 4.69) is 15.3 Å². The van der Waals surface area contributed by atoms with Gasteiger partial charge in [-0.1, -0.05) is 0 Å². The van der Waals surface area contributed by atoms with Crippen LogP contribution in [0.15, 0.2) is 35.4 Å². The number of benzene rings is 1. The van der Waals surface area contributed by atoms with E-state index >= 15 is 0 Å². The fraction of sp³-hybridized carbons (Fsp3) is 0.214. The SMILES string of the molecule is COc1ccc(CNC(=O)c2cc(=O)[nH]cn2)c(OC)c1. The van der Waals surface area contributed by atoms with Gasteiger partial charge in [0.2, 0.25) is 0 Å². The third-order valence-corrected chi connectivity index (χ3v) is 2.84. The standard InChI is InChI=1S/C14H15N3O4/c1-20-10-4-3-9(12(5-10)21-2)7-15-14(19)11-6-13(18)17-8-16-11/h3-6,8H,7H2,1-2H3,(H,15,19)(H,16,17,18). The molecule has 0 saturated heterocycles. The van der Waals surface area contributed by atoms with Crippen molar-refractivity contribution in [2.45, 2.75) is 6.54 Å². The summed E-state index contributed by atoms with van der Waals surface area (Å²) < 4.78 is 10.3. The van der Waals surface area contributed by atoms with Gasteiger partial charge in [-0.2, -0.15) is 0 Å². The van der Waals surface area contributed by atoms with E-state index < -0.39 is 5.91 Å². The molecule has 1 heterocycles. The maximum Gasteiger partial charge on any atom is 0.270 e. The van der Waals surface area contributed by atoms with E-state index in [4.69, 9.17) is 9.47 Å². The zero-order valence-electron chi connectivity index (χ0n) is 11.7. The molecule has 7 nitrogen and oxygen atoms in total. The van der Waals surface area contributed by atoms with Crippen LogP contribution in [0.4, 0.5) is 0 Å². The third-order valence-electron chi connectivity index (χ3n) is 2.84. The first kappa shape index (κ1) is 14.6. The topological polar surface area (TPSA) is 93.3 Å². The molecule has 1 aromatic heterocycles. The monoisotopic (exact) mass is 289 g/mol. The number of amides is 1. The van der Waals surface area contributed by atoms with Gasteiger partial charge in [0.1, 0.15) is 17.2 Å². The quantitative estimate of drug-likeness (QED) is 0.846. The molecule has 0 radical (unpaired) electrons. The van der Waals surface area contributed by atoms with Gasteiger partial charge in [-0.05, 0) is 12.1 Å². The average Bonchev–Trinajstić information content (AvgIpc) is 2.52. The largest absolute Gasteiger partial charge is 0.497 e. The van der Waals surface area contributed by atoms with E-state index in [0.717, 1.165) is 11.6 Å². The lowest BCUT2D eigenvalue weighted by Gasteiger charge is -2.11. The highest BCUT2D eigenvalue weighted by Crippen LogP contribution is 2.24. The van der Waals surface area contributed by atoms with Gasteiger partial charge < -0.3 is 19.8 Å². The summed E-state index contributed by atoms with van der Waals surface area (Å²) in [6.45, 7) is 0.250. The van der Waals surface area contributed by atoms with Gasteiger partial charge in [0.15, 0.2) is 0 Å². The summed E-state index contributed by atoms with van der Waals surface area (Å²) in [4.78, 5) is 29.2. The Balaban J connectivity index is 2.09. The number of aromatic amines is 1. The van der Waals surface area contributed by atoms with Crippen LogP contribution in [0.2, 0.25) is 0 Å². The first-order valence-corrected chi connectivity index (χ1v) is 6.18. The summed E-state index contributed by atoms with van der Waals surface area (Å²) >= 11 is 0. The van der Waals surface area contributed by atoms with E-state index in [1.165, 1.54) is 6.33 Å². The Kier molecular flexibility index (Phi) is 4.55. The lowest BCUT2D eigenvalue weighted by molar-refractivity contribution is 0.0945. The van der Waals surface area contributed by atoms with Crippen LogP contribution in [0, 0.1) is 0 Å². The van der Waals surface area contributed by atoms with E-state index in [-0.39, 0.29) is 17.8 Å². The van der Waals surface area contributed by atoms with Crippen LogP contribution in [-0.2, 0) is 6.54 Å². The summed E-state index contributed by atoms with van der Waals surface area (Å²) in [6, 6.07) is 6.44. The number of hydrogen-bond acceptors (Lipinski definition) is 5. The van der Waals surface area contributed by atoms with Gasteiger partial charge in [0.05, 0.1) is 20.5 Å². The fourth-order valence-corrected chi connectivity index (χ4v) is 1.76. The highest BCUT2D eigenvalue weighted by Gasteiger charge is 2.10. The lowest BCUT2D eigenvalue weighted by atomic mass is 10.2. The molecule has 0 aliphatic rings. The number of methoxy groups -OCH3 is 2. The van der Waals surface area contributed by atoms with Gasteiger partial charge in [-0.25, -0.2) is 4.98 Å². The van der Waals surface area contributed by atoms with Gasteiger partial charge in [0.25, 0.3) is 11.5 Å². The minimum Gasteiger partial charge on any atom is -0.497 e. The normalized spacial score (nSPS) is 10.0. The Morgan fingerprint density at radius 2 is 2.10 bits per heavy atom. The van der Waals surface area contributed by atoms with Gasteiger partial charge in [-0.15, -0.1) is 0 Å². The fourth-order valence-electron chi connectivity index (χ4n) is 1.76. The van der Waals surface area contributed by atoms with Crippen LogP contribution in [0.5, 0.6) is 11.5 Å². The molecule has 0 bridgehead atoms. The third kappa shape index (κ3) is 3.59. The number of ether oxygens (including phenoxy) is 2. The van der Waals surface area contributed by atoms with Crippen LogP contribution in [-0.4, -0.2) is 30.1 Å². The predicted molar refractivity (Wildman–Crippen MR) is 75.6 cm³/mol. The van der Waals surface area contributed by atoms with Crippen molar-refractivity contribution < 1.29 is 14.3 Å². The number of nitrogens with zero attached hydrogens (tertiary/aromatic N) is 1. The second-order valence-corrected chi connectivity index (χ2v) is 4.16. The predicted octanol–water partition coefficient (Wildman–Crippen LogP) is 0.717. The molecule has 110 valence electrons. The van der Waals surface area contributed by atoms with E-state index in [0.29, 0.717) is 11.5 Å². The molecule has 0 aliphatic carbocycles.